The molecule has 33 heavy (non-hydrogen) atoms. The van der Waals surface area contributed by atoms with Crippen molar-refractivity contribution in [3.05, 3.63) is 85.8 Å². The van der Waals surface area contributed by atoms with Crippen molar-refractivity contribution in [2.24, 2.45) is 5.41 Å². The molecular formula is C25H22Cl2N2O4. The van der Waals surface area contributed by atoms with Gasteiger partial charge in [0.15, 0.2) is 5.78 Å². The van der Waals surface area contributed by atoms with Crippen molar-refractivity contribution in [1.82, 2.24) is 4.57 Å². The number of fused-ring (bicyclic) bond motifs is 1. The summed E-state index contributed by atoms with van der Waals surface area (Å²) in [6.07, 6.45) is 0.846. The number of anilines is 1. The van der Waals surface area contributed by atoms with Crippen LogP contribution < -0.4 is 15.6 Å². The number of aromatic nitrogens is 1. The maximum Gasteiger partial charge on any atom is 0.268 e. The zero-order chi connectivity index (χ0) is 23.9. The van der Waals surface area contributed by atoms with Gasteiger partial charge in [-0.05, 0) is 60.4 Å². The third-order valence-corrected chi connectivity index (χ3v) is 6.38. The molecule has 170 valence electrons. The molecule has 1 aliphatic rings. The molecule has 0 saturated heterocycles. The van der Waals surface area contributed by atoms with E-state index in [0.717, 1.165) is 0 Å². The van der Waals surface area contributed by atoms with Gasteiger partial charge in [-0.3, -0.25) is 19.0 Å². The number of nitrogens with zero attached hydrogens (tertiary/aromatic N) is 1. The minimum absolute atomic E-state index is 0.105. The number of halogens is 2. The monoisotopic (exact) mass is 484 g/mol. The minimum atomic E-state index is -0.638. The number of hydrogen-bond acceptors (Lipinski definition) is 4. The zero-order valence-corrected chi connectivity index (χ0v) is 19.9. The summed E-state index contributed by atoms with van der Waals surface area (Å²) in [5.74, 6) is -0.112. The molecule has 8 heteroatoms. The number of carbonyl (C=O) groups excluding carboxylic acids is 2. The van der Waals surface area contributed by atoms with Crippen LogP contribution >= 0.6 is 23.2 Å². The molecule has 4 rings (SSSR count). The summed E-state index contributed by atoms with van der Waals surface area (Å²) in [5, 5.41) is 3.29. The molecule has 6 nitrogen and oxygen atoms in total. The summed E-state index contributed by atoms with van der Waals surface area (Å²) in [6.45, 7) is 3.98. The van der Waals surface area contributed by atoms with Crippen molar-refractivity contribution in [2.45, 2.75) is 26.7 Å². The fourth-order valence-electron chi connectivity index (χ4n) is 4.05. The number of nitrogens with one attached hydrogen (secondary N) is 1. The summed E-state index contributed by atoms with van der Waals surface area (Å²) < 4.78 is 6.67. The van der Waals surface area contributed by atoms with E-state index in [1.54, 1.807) is 43.5 Å². The molecule has 0 radical (unpaired) electrons. The van der Waals surface area contributed by atoms with Crippen LogP contribution in [-0.4, -0.2) is 23.4 Å². The van der Waals surface area contributed by atoms with Crippen LogP contribution in [0.1, 0.15) is 46.7 Å². The van der Waals surface area contributed by atoms with Gasteiger partial charge in [-0.1, -0.05) is 37.0 Å². The standard InChI is InChI=1S/C25H22Cl2N2O4/c1-25(2)12-21-17(22(30)13-25)11-18(23(31)28-14-4-9-19(26)20(27)10-14)24(32)29(21)15-5-7-16(33-3)8-6-15/h4-11H,12-13H2,1-3H3,(H,28,31). The molecule has 0 fully saturated rings. The topological polar surface area (TPSA) is 77.4 Å². The van der Waals surface area contributed by atoms with Crippen LogP contribution in [0, 0.1) is 5.41 Å². The number of ether oxygens (including phenoxy) is 1. The lowest BCUT2D eigenvalue weighted by Gasteiger charge is -2.32. The first-order valence-corrected chi connectivity index (χ1v) is 11.1. The van der Waals surface area contributed by atoms with E-state index < -0.39 is 11.5 Å². The van der Waals surface area contributed by atoms with Crippen molar-refractivity contribution in [3.8, 4) is 11.4 Å². The van der Waals surface area contributed by atoms with E-state index in [1.807, 2.05) is 13.8 Å². The van der Waals surface area contributed by atoms with E-state index >= 15 is 0 Å². The quantitative estimate of drug-likeness (QED) is 0.525. The Hall–Kier alpha value is -3.09. The Morgan fingerprint density at radius 2 is 1.70 bits per heavy atom. The number of carbonyl (C=O) groups is 2. The Bertz CT molecular complexity index is 1330. The molecule has 0 saturated carbocycles. The molecule has 1 aromatic heterocycles. The number of pyridine rings is 1. The van der Waals surface area contributed by atoms with Gasteiger partial charge in [0, 0.05) is 29.1 Å². The minimum Gasteiger partial charge on any atom is -0.497 e. The first-order valence-electron chi connectivity index (χ1n) is 10.3. The maximum atomic E-state index is 13.6. The Balaban J connectivity index is 1.87. The molecular weight excluding hydrogens is 463 g/mol. The summed E-state index contributed by atoms with van der Waals surface area (Å²) in [6, 6.07) is 12.9. The van der Waals surface area contributed by atoms with E-state index in [1.165, 1.54) is 16.7 Å². The highest BCUT2D eigenvalue weighted by Gasteiger charge is 2.35. The SMILES string of the molecule is COc1ccc(-n2c3c(cc(C(=O)Nc4ccc(Cl)c(Cl)c4)c2=O)C(=O)CC(C)(C)C3)cc1. The summed E-state index contributed by atoms with van der Waals surface area (Å²) in [4.78, 5) is 39.7. The number of methoxy groups -OCH3 is 1. The Morgan fingerprint density at radius 3 is 2.33 bits per heavy atom. The molecule has 1 heterocycles. The smallest absolute Gasteiger partial charge is 0.268 e. The molecule has 0 aliphatic heterocycles. The van der Waals surface area contributed by atoms with E-state index in [0.29, 0.717) is 46.2 Å². The average Bonchev–Trinajstić information content (AvgIpc) is 2.75. The zero-order valence-electron chi connectivity index (χ0n) is 18.4. The summed E-state index contributed by atoms with van der Waals surface area (Å²) in [5.41, 5.74) is 0.947. The molecule has 1 N–H and O–H groups in total. The van der Waals surface area contributed by atoms with Crippen molar-refractivity contribution >= 4 is 40.6 Å². The lowest BCUT2D eigenvalue weighted by Crippen LogP contribution is -2.37. The lowest BCUT2D eigenvalue weighted by atomic mass is 9.75. The van der Waals surface area contributed by atoms with E-state index in [4.69, 9.17) is 27.9 Å². The van der Waals surface area contributed by atoms with E-state index in [-0.39, 0.29) is 21.8 Å². The van der Waals surface area contributed by atoms with Gasteiger partial charge in [0.1, 0.15) is 11.3 Å². The van der Waals surface area contributed by atoms with Crippen LogP contribution in [0.4, 0.5) is 5.69 Å². The maximum absolute atomic E-state index is 13.6. The van der Waals surface area contributed by atoms with Gasteiger partial charge < -0.3 is 10.1 Å². The predicted molar refractivity (Wildman–Crippen MR) is 129 cm³/mol. The summed E-state index contributed by atoms with van der Waals surface area (Å²) >= 11 is 12.0. The number of amides is 1. The molecule has 0 atom stereocenters. The normalized spacial score (nSPS) is 14.5. The van der Waals surface area contributed by atoms with E-state index in [2.05, 4.69) is 5.32 Å². The van der Waals surface area contributed by atoms with Crippen LogP contribution in [0.5, 0.6) is 5.75 Å². The van der Waals surface area contributed by atoms with Gasteiger partial charge in [-0.15, -0.1) is 0 Å². The van der Waals surface area contributed by atoms with Crippen molar-refractivity contribution in [2.75, 3.05) is 12.4 Å². The van der Waals surface area contributed by atoms with E-state index in [9.17, 15) is 14.4 Å². The van der Waals surface area contributed by atoms with Gasteiger partial charge in [0.25, 0.3) is 11.5 Å². The summed E-state index contributed by atoms with van der Waals surface area (Å²) in [7, 11) is 1.55. The predicted octanol–water partition coefficient (Wildman–Crippen LogP) is 5.56. The van der Waals surface area contributed by atoms with Crippen molar-refractivity contribution in [1.29, 1.82) is 0 Å². The second kappa shape index (κ2) is 8.69. The van der Waals surface area contributed by atoms with Gasteiger partial charge in [0.2, 0.25) is 0 Å². The van der Waals surface area contributed by atoms with Crippen molar-refractivity contribution in [3.63, 3.8) is 0 Å². The molecule has 3 aromatic rings. The second-order valence-corrected chi connectivity index (χ2v) is 9.60. The van der Waals surface area contributed by atoms with Crippen molar-refractivity contribution < 1.29 is 14.3 Å². The third-order valence-electron chi connectivity index (χ3n) is 5.64. The highest BCUT2D eigenvalue weighted by molar-refractivity contribution is 6.42. The lowest BCUT2D eigenvalue weighted by molar-refractivity contribution is 0.0909. The fourth-order valence-corrected chi connectivity index (χ4v) is 4.35. The number of ketones is 1. The Morgan fingerprint density at radius 1 is 1.00 bits per heavy atom. The van der Waals surface area contributed by atoms with Crippen LogP contribution in [-0.2, 0) is 6.42 Å². The first-order chi connectivity index (χ1) is 15.6. The second-order valence-electron chi connectivity index (χ2n) is 8.78. The van der Waals surface area contributed by atoms with Gasteiger partial charge in [0.05, 0.1) is 17.2 Å². The van der Waals surface area contributed by atoms with Gasteiger partial charge in [-0.2, -0.15) is 0 Å². The Labute approximate surface area is 201 Å². The first kappa shape index (κ1) is 23.1. The molecule has 0 bridgehead atoms. The Kier molecular flexibility index (Phi) is 6.08. The van der Waals surface area contributed by atoms with Crippen LogP contribution in [0.25, 0.3) is 5.69 Å². The number of benzene rings is 2. The molecule has 1 amide bonds. The molecule has 0 unspecified atom stereocenters. The number of rotatable bonds is 4. The van der Waals surface area contributed by atoms with Gasteiger partial charge in [-0.25, -0.2) is 0 Å². The van der Waals surface area contributed by atoms with Crippen LogP contribution in [0.2, 0.25) is 10.0 Å². The molecule has 2 aromatic carbocycles. The number of Topliss-reactive ketones (excluding diaryl/α,β-unsaturated/α-hetero) is 1. The highest BCUT2D eigenvalue weighted by Crippen LogP contribution is 2.35. The third kappa shape index (κ3) is 4.54. The number of hydrogen-bond donors (Lipinski definition) is 1. The van der Waals surface area contributed by atoms with Crippen LogP contribution in [0.3, 0.4) is 0 Å². The molecule has 0 spiro atoms. The largest absolute Gasteiger partial charge is 0.497 e. The molecule has 1 aliphatic carbocycles. The average molecular weight is 485 g/mol. The fraction of sp³-hybridized carbons (Fsp3) is 0.240. The highest BCUT2D eigenvalue weighted by atomic mass is 35.5. The van der Waals surface area contributed by atoms with Gasteiger partial charge >= 0.3 is 0 Å². The van der Waals surface area contributed by atoms with Crippen LogP contribution in [0.15, 0.2) is 53.3 Å².